The van der Waals surface area contributed by atoms with Crippen molar-refractivity contribution in [3.05, 3.63) is 48.9 Å². The van der Waals surface area contributed by atoms with Gasteiger partial charge in [0.15, 0.2) is 11.4 Å². The number of aromatic nitrogens is 4. The predicted octanol–water partition coefficient (Wildman–Crippen LogP) is 4.14. The minimum absolute atomic E-state index is 0.434. The van der Waals surface area contributed by atoms with E-state index < -0.39 is 11.7 Å². The molecule has 0 saturated carbocycles. The van der Waals surface area contributed by atoms with Crippen LogP contribution in [0.5, 0.6) is 5.75 Å². The standard InChI is InChI=1S/C20H20N4O3/c1-20(2,3)27-19(25)24-15-8-6-5-7-13(15)9-16(24)14-10-17(26-4)18-21-12-22-23(18)11-14/h5-12H,1-4H3. The van der Waals surface area contributed by atoms with Crippen LogP contribution in [-0.2, 0) is 4.74 Å². The molecule has 0 aliphatic carbocycles. The summed E-state index contributed by atoms with van der Waals surface area (Å²) in [6.07, 6.45) is 2.85. The van der Waals surface area contributed by atoms with E-state index in [1.807, 2.05) is 63.4 Å². The molecule has 7 heteroatoms. The average Bonchev–Trinajstić information content (AvgIpc) is 3.23. The van der Waals surface area contributed by atoms with Gasteiger partial charge in [-0.25, -0.2) is 18.9 Å². The lowest BCUT2D eigenvalue weighted by Gasteiger charge is -2.21. The van der Waals surface area contributed by atoms with E-state index in [4.69, 9.17) is 9.47 Å². The molecule has 3 heterocycles. The summed E-state index contributed by atoms with van der Waals surface area (Å²) >= 11 is 0. The van der Waals surface area contributed by atoms with Gasteiger partial charge in [0, 0.05) is 17.1 Å². The Bertz CT molecular complexity index is 1150. The Morgan fingerprint density at radius 1 is 1.15 bits per heavy atom. The number of carbonyl (C=O) groups is 1. The van der Waals surface area contributed by atoms with Gasteiger partial charge in [0.1, 0.15) is 11.9 Å². The molecule has 4 rings (SSSR count). The molecule has 7 nitrogen and oxygen atoms in total. The van der Waals surface area contributed by atoms with Gasteiger partial charge in [-0.1, -0.05) is 18.2 Å². The lowest BCUT2D eigenvalue weighted by atomic mass is 10.2. The lowest BCUT2D eigenvalue weighted by Crippen LogP contribution is -2.27. The molecule has 0 aliphatic rings. The van der Waals surface area contributed by atoms with Crippen LogP contribution in [0.25, 0.3) is 27.8 Å². The Hall–Kier alpha value is -3.35. The van der Waals surface area contributed by atoms with Crippen molar-refractivity contribution >= 4 is 22.6 Å². The van der Waals surface area contributed by atoms with Crippen LogP contribution in [0.2, 0.25) is 0 Å². The van der Waals surface area contributed by atoms with Gasteiger partial charge in [-0.2, -0.15) is 5.10 Å². The first-order chi connectivity index (χ1) is 12.9. The second-order valence-electron chi connectivity index (χ2n) is 7.23. The number of carbonyl (C=O) groups excluding carboxylic acids is 1. The predicted molar refractivity (Wildman–Crippen MR) is 102 cm³/mol. The topological polar surface area (TPSA) is 70.7 Å². The summed E-state index contributed by atoms with van der Waals surface area (Å²) in [6, 6.07) is 11.5. The van der Waals surface area contributed by atoms with Gasteiger partial charge in [0.25, 0.3) is 0 Å². The van der Waals surface area contributed by atoms with Gasteiger partial charge >= 0.3 is 6.09 Å². The molecular weight excluding hydrogens is 344 g/mol. The summed E-state index contributed by atoms with van der Waals surface area (Å²) in [5.74, 6) is 0.575. The zero-order chi connectivity index (χ0) is 19.2. The molecule has 0 radical (unpaired) electrons. The molecule has 4 aromatic rings. The quantitative estimate of drug-likeness (QED) is 0.534. The van der Waals surface area contributed by atoms with E-state index in [1.54, 1.807) is 16.2 Å². The maximum atomic E-state index is 13.0. The van der Waals surface area contributed by atoms with Gasteiger partial charge in [-0.15, -0.1) is 0 Å². The van der Waals surface area contributed by atoms with Crippen molar-refractivity contribution in [2.45, 2.75) is 26.4 Å². The number of hydrogen-bond acceptors (Lipinski definition) is 5. The summed E-state index contributed by atoms with van der Waals surface area (Å²) < 4.78 is 14.3. The summed E-state index contributed by atoms with van der Waals surface area (Å²) in [7, 11) is 1.58. The number of para-hydroxylation sites is 1. The van der Waals surface area contributed by atoms with Crippen LogP contribution < -0.4 is 4.74 Å². The highest BCUT2D eigenvalue weighted by molar-refractivity contribution is 5.96. The lowest BCUT2D eigenvalue weighted by molar-refractivity contribution is 0.0547. The molecule has 0 bridgehead atoms. The van der Waals surface area contributed by atoms with Crippen LogP contribution >= 0.6 is 0 Å². The normalized spacial score (nSPS) is 11.9. The van der Waals surface area contributed by atoms with Crippen molar-refractivity contribution in [1.29, 1.82) is 0 Å². The molecule has 0 fully saturated rings. The van der Waals surface area contributed by atoms with Gasteiger partial charge in [-0.3, -0.25) is 0 Å². The maximum Gasteiger partial charge on any atom is 0.419 e. The number of fused-ring (bicyclic) bond motifs is 2. The van der Waals surface area contributed by atoms with Crippen molar-refractivity contribution in [2.24, 2.45) is 0 Å². The monoisotopic (exact) mass is 364 g/mol. The van der Waals surface area contributed by atoms with E-state index in [-0.39, 0.29) is 0 Å². The number of nitrogens with zero attached hydrogens (tertiary/aromatic N) is 4. The minimum Gasteiger partial charge on any atom is -0.493 e. The molecular formula is C20H20N4O3. The van der Waals surface area contributed by atoms with E-state index in [0.717, 1.165) is 16.5 Å². The van der Waals surface area contributed by atoms with Crippen molar-refractivity contribution in [1.82, 2.24) is 19.2 Å². The third kappa shape index (κ3) is 3.01. The molecule has 3 aromatic heterocycles. The van der Waals surface area contributed by atoms with Crippen LogP contribution in [0.15, 0.2) is 48.9 Å². The second kappa shape index (κ2) is 6.12. The summed E-state index contributed by atoms with van der Waals surface area (Å²) in [4.78, 5) is 17.2. The molecule has 27 heavy (non-hydrogen) atoms. The smallest absolute Gasteiger partial charge is 0.419 e. The summed E-state index contributed by atoms with van der Waals surface area (Å²) in [5, 5.41) is 5.14. The number of hydrogen-bond donors (Lipinski definition) is 0. The fraction of sp³-hybridized carbons (Fsp3) is 0.250. The second-order valence-corrected chi connectivity index (χ2v) is 7.23. The molecule has 0 spiro atoms. The first-order valence-corrected chi connectivity index (χ1v) is 8.59. The number of benzene rings is 1. The van der Waals surface area contributed by atoms with Crippen molar-refractivity contribution in [2.75, 3.05) is 7.11 Å². The van der Waals surface area contributed by atoms with E-state index in [9.17, 15) is 4.79 Å². The molecule has 138 valence electrons. The molecule has 0 aliphatic heterocycles. The van der Waals surface area contributed by atoms with Crippen LogP contribution in [0.4, 0.5) is 4.79 Å². The zero-order valence-corrected chi connectivity index (χ0v) is 15.6. The van der Waals surface area contributed by atoms with Crippen molar-refractivity contribution in [3.8, 4) is 17.0 Å². The third-order valence-corrected chi connectivity index (χ3v) is 4.14. The van der Waals surface area contributed by atoms with Crippen LogP contribution in [0.3, 0.4) is 0 Å². The third-order valence-electron chi connectivity index (χ3n) is 4.14. The first kappa shape index (κ1) is 17.1. The largest absolute Gasteiger partial charge is 0.493 e. The van der Waals surface area contributed by atoms with Crippen molar-refractivity contribution in [3.63, 3.8) is 0 Å². The van der Waals surface area contributed by atoms with Crippen LogP contribution in [0, 0.1) is 0 Å². The van der Waals surface area contributed by atoms with Crippen molar-refractivity contribution < 1.29 is 14.3 Å². The van der Waals surface area contributed by atoms with Crippen LogP contribution in [-0.4, -0.2) is 38.0 Å². The Labute approximate surface area is 156 Å². The molecule has 0 N–H and O–H groups in total. The highest BCUT2D eigenvalue weighted by atomic mass is 16.6. The number of ether oxygens (including phenoxy) is 2. The summed E-state index contributed by atoms with van der Waals surface area (Å²) in [5.41, 5.74) is 2.25. The molecule has 1 aromatic carbocycles. The van der Waals surface area contributed by atoms with E-state index in [0.29, 0.717) is 17.1 Å². The Balaban J connectivity index is 1.96. The molecule has 0 amide bonds. The number of pyridine rings is 1. The van der Waals surface area contributed by atoms with Gasteiger partial charge < -0.3 is 9.47 Å². The van der Waals surface area contributed by atoms with E-state index in [1.165, 1.54) is 6.33 Å². The zero-order valence-electron chi connectivity index (χ0n) is 15.6. The average molecular weight is 364 g/mol. The minimum atomic E-state index is -0.604. The fourth-order valence-corrected chi connectivity index (χ4v) is 3.06. The fourth-order valence-electron chi connectivity index (χ4n) is 3.06. The Morgan fingerprint density at radius 2 is 1.93 bits per heavy atom. The molecule has 0 unspecified atom stereocenters. The van der Waals surface area contributed by atoms with Gasteiger partial charge in [0.2, 0.25) is 0 Å². The Morgan fingerprint density at radius 3 is 2.67 bits per heavy atom. The van der Waals surface area contributed by atoms with Crippen LogP contribution in [0.1, 0.15) is 20.8 Å². The van der Waals surface area contributed by atoms with Gasteiger partial charge in [-0.05, 0) is 39.0 Å². The van der Waals surface area contributed by atoms with E-state index in [2.05, 4.69) is 10.1 Å². The highest BCUT2D eigenvalue weighted by Gasteiger charge is 2.23. The first-order valence-electron chi connectivity index (χ1n) is 8.59. The highest BCUT2D eigenvalue weighted by Crippen LogP contribution is 2.32. The number of methoxy groups -OCH3 is 1. The van der Waals surface area contributed by atoms with E-state index >= 15 is 0 Å². The Kier molecular flexibility index (Phi) is 3.87. The SMILES string of the molecule is COc1cc(-c2cc3ccccc3n2C(=O)OC(C)(C)C)cn2ncnc12. The molecule has 0 saturated heterocycles. The molecule has 0 atom stereocenters. The van der Waals surface area contributed by atoms with Gasteiger partial charge in [0.05, 0.1) is 18.3 Å². The number of rotatable bonds is 2. The summed E-state index contributed by atoms with van der Waals surface area (Å²) in [6.45, 7) is 5.54. The maximum absolute atomic E-state index is 13.0.